The SMILES string of the molecule is Cc1ccc(NC(=O)CN[C@@H](C)c2ccccc2)cc1C. The Morgan fingerprint density at radius 2 is 1.76 bits per heavy atom. The van der Waals surface area contributed by atoms with Crippen molar-refractivity contribution in [2.24, 2.45) is 0 Å². The van der Waals surface area contributed by atoms with Gasteiger partial charge in [0.25, 0.3) is 0 Å². The fourth-order valence-corrected chi connectivity index (χ4v) is 2.13. The number of nitrogens with one attached hydrogen (secondary N) is 2. The minimum Gasteiger partial charge on any atom is -0.325 e. The second-order valence-electron chi connectivity index (χ2n) is 5.36. The molecule has 0 aliphatic carbocycles. The standard InChI is InChI=1S/C18H22N2O/c1-13-9-10-17(11-14(13)2)20-18(21)12-19-15(3)16-7-5-4-6-8-16/h4-11,15,19H,12H2,1-3H3,(H,20,21)/t15-/m0/s1. The van der Waals surface area contributed by atoms with Crippen LogP contribution < -0.4 is 10.6 Å². The normalized spacial score (nSPS) is 12.0. The summed E-state index contributed by atoms with van der Waals surface area (Å²) in [7, 11) is 0. The van der Waals surface area contributed by atoms with E-state index in [9.17, 15) is 4.79 Å². The van der Waals surface area contributed by atoms with Gasteiger partial charge in [0.2, 0.25) is 5.91 Å². The molecule has 2 aromatic rings. The van der Waals surface area contributed by atoms with Crippen molar-refractivity contribution in [2.45, 2.75) is 26.8 Å². The molecule has 2 N–H and O–H groups in total. The zero-order valence-corrected chi connectivity index (χ0v) is 12.8. The number of hydrogen-bond acceptors (Lipinski definition) is 2. The van der Waals surface area contributed by atoms with E-state index in [2.05, 4.69) is 36.6 Å². The summed E-state index contributed by atoms with van der Waals surface area (Å²) in [4.78, 5) is 12.0. The molecule has 0 saturated carbocycles. The van der Waals surface area contributed by atoms with Gasteiger partial charge in [-0.2, -0.15) is 0 Å². The highest BCUT2D eigenvalue weighted by Gasteiger charge is 2.07. The molecule has 0 aliphatic rings. The number of hydrogen-bond donors (Lipinski definition) is 2. The summed E-state index contributed by atoms with van der Waals surface area (Å²) in [6.07, 6.45) is 0. The van der Waals surface area contributed by atoms with Crippen molar-refractivity contribution in [2.75, 3.05) is 11.9 Å². The lowest BCUT2D eigenvalue weighted by Gasteiger charge is -2.14. The average molecular weight is 282 g/mol. The smallest absolute Gasteiger partial charge is 0.238 e. The molecule has 0 fully saturated rings. The van der Waals surface area contributed by atoms with Gasteiger partial charge in [0.1, 0.15) is 0 Å². The highest BCUT2D eigenvalue weighted by molar-refractivity contribution is 5.92. The minimum atomic E-state index is -0.0268. The van der Waals surface area contributed by atoms with Crippen LogP contribution in [0.1, 0.15) is 29.7 Å². The Labute approximate surface area is 126 Å². The Hall–Kier alpha value is -2.13. The third kappa shape index (κ3) is 4.43. The van der Waals surface area contributed by atoms with Crippen LogP contribution in [0.4, 0.5) is 5.69 Å². The Morgan fingerprint density at radius 1 is 1.05 bits per heavy atom. The molecule has 0 unspecified atom stereocenters. The van der Waals surface area contributed by atoms with Crippen LogP contribution in [0, 0.1) is 13.8 Å². The third-order valence-corrected chi connectivity index (χ3v) is 3.66. The van der Waals surface area contributed by atoms with Gasteiger partial charge in [-0.1, -0.05) is 36.4 Å². The summed E-state index contributed by atoms with van der Waals surface area (Å²) >= 11 is 0. The first-order valence-electron chi connectivity index (χ1n) is 7.21. The number of carbonyl (C=O) groups is 1. The molecule has 3 heteroatoms. The lowest BCUT2D eigenvalue weighted by molar-refractivity contribution is -0.115. The van der Waals surface area contributed by atoms with Gasteiger partial charge in [-0.15, -0.1) is 0 Å². The van der Waals surface area contributed by atoms with E-state index >= 15 is 0 Å². The Bertz CT molecular complexity index is 608. The summed E-state index contributed by atoms with van der Waals surface area (Å²) in [6.45, 7) is 6.45. The van der Waals surface area contributed by atoms with Gasteiger partial charge in [-0.05, 0) is 49.6 Å². The molecule has 0 aliphatic heterocycles. The summed E-state index contributed by atoms with van der Waals surface area (Å²) < 4.78 is 0. The third-order valence-electron chi connectivity index (χ3n) is 3.66. The van der Waals surface area contributed by atoms with Gasteiger partial charge in [-0.3, -0.25) is 4.79 Å². The summed E-state index contributed by atoms with van der Waals surface area (Å²) in [5.74, 6) is -0.0268. The average Bonchev–Trinajstić information content (AvgIpc) is 2.49. The zero-order chi connectivity index (χ0) is 15.2. The van der Waals surface area contributed by atoms with E-state index in [1.807, 2.05) is 43.3 Å². The van der Waals surface area contributed by atoms with Crippen LogP contribution in [0.2, 0.25) is 0 Å². The maximum atomic E-state index is 12.0. The maximum absolute atomic E-state index is 12.0. The number of aryl methyl sites for hydroxylation is 2. The Balaban J connectivity index is 1.86. The van der Waals surface area contributed by atoms with Crippen molar-refractivity contribution in [3.63, 3.8) is 0 Å². The van der Waals surface area contributed by atoms with Crippen molar-refractivity contribution in [3.8, 4) is 0 Å². The number of benzene rings is 2. The van der Waals surface area contributed by atoms with Crippen LogP contribution in [0.3, 0.4) is 0 Å². The van der Waals surface area contributed by atoms with Gasteiger partial charge in [0.05, 0.1) is 6.54 Å². The van der Waals surface area contributed by atoms with E-state index in [4.69, 9.17) is 0 Å². The predicted octanol–water partition coefficient (Wildman–Crippen LogP) is 3.59. The molecular weight excluding hydrogens is 260 g/mol. The predicted molar refractivity (Wildman–Crippen MR) is 87.4 cm³/mol. The van der Waals surface area contributed by atoms with Crippen molar-refractivity contribution < 1.29 is 4.79 Å². The number of amides is 1. The molecule has 3 nitrogen and oxygen atoms in total. The molecule has 1 atom stereocenters. The van der Waals surface area contributed by atoms with Crippen molar-refractivity contribution in [3.05, 3.63) is 65.2 Å². The van der Waals surface area contributed by atoms with E-state index in [0.717, 1.165) is 5.69 Å². The molecule has 21 heavy (non-hydrogen) atoms. The van der Waals surface area contributed by atoms with E-state index in [1.165, 1.54) is 16.7 Å². The Morgan fingerprint density at radius 3 is 2.43 bits per heavy atom. The van der Waals surface area contributed by atoms with Crippen molar-refractivity contribution in [1.82, 2.24) is 5.32 Å². The molecule has 2 rings (SSSR count). The van der Waals surface area contributed by atoms with E-state index in [-0.39, 0.29) is 11.9 Å². The minimum absolute atomic E-state index is 0.0268. The van der Waals surface area contributed by atoms with Crippen LogP contribution in [0.5, 0.6) is 0 Å². The Kier molecular flexibility index (Phi) is 5.12. The first-order chi connectivity index (χ1) is 10.1. The summed E-state index contributed by atoms with van der Waals surface area (Å²) in [5, 5.41) is 6.15. The molecule has 0 spiro atoms. The fraction of sp³-hybridized carbons (Fsp3) is 0.278. The second kappa shape index (κ2) is 7.04. The molecule has 1 amide bonds. The van der Waals surface area contributed by atoms with E-state index in [0.29, 0.717) is 6.54 Å². The molecule has 0 saturated heterocycles. The molecule has 110 valence electrons. The van der Waals surface area contributed by atoms with Crippen LogP contribution in [0.15, 0.2) is 48.5 Å². The van der Waals surface area contributed by atoms with Crippen molar-refractivity contribution >= 4 is 11.6 Å². The number of anilines is 1. The van der Waals surface area contributed by atoms with Crippen molar-refractivity contribution in [1.29, 1.82) is 0 Å². The van der Waals surface area contributed by atoms with Gasteiger partial charge >= 0.3 is 0 Å². The van der Waals surface area contributed by atoms with Crippen LogP contribution in [0.25, 0.3) is 0 Å². The van der Waals surface area contributed by atoms with E-state index in [1.54, 1.807) is 0 Å². The molecule has 0 aromatic heterocycles. The van der Waals surface area contributed by atoms with E-state index < -0.39 is 0 Å². The first-order valence-corrected chi connectivity index (χ1v) is 7.21. The van der Waals surface area contributed by atoms with Gasteiger partial charge in [-0.25, -0.2) is 0 Å². The maximum Gasteiger partial charge on any atom is 0.238 e. The van der Waals surface area contributed by atoms with Crippen LogP contribution >= 0.6 is 0 Å². The van der Waals surface area contributed by atoms with Gasteiger partial charge in [0.15, 0.2) is 0 Å². The molecular formula is C18H22N2O. The van der Waals surface area contributed by atoms with Gasteiger partial charge < -0.3 is 10.6 Å². The molecule has 0 bridgehead atoms. The highest BCUT2D eigenvalue weighted by Crippen LogP contribution is 2.14. The highest BCUT2D eigenvalue weighted by atomic mass is 16.1. The number of carbonyl (C=O) groups excluding carboxylic acids is 1. The largest absolute Gasteiger partial charge is 0.325 e. The fourth-order valence-electron chi connectivity index (χ4n) is 2.13. The monoisotopic (exact) mass is 282 g/mol. The summed E-state index contributed by atoms with van der Waals surface area (Å²) in [6, 6.07) is 16.2. The number of rotatable bonds is 5. The first kappa shape index (κ1) is 15.3. The molecule has 0 radical (unpaired) electrons. The second-order valence-corrected chi connectivity index (χ2v) is 5.36. The quantitative estimate of drug-likeness (QED) is 0.880. The molecule has 2 aromatic carbocycles. The summed E-state index contributed by atoms with van der Waals surface area (Å²) in [5.41, 5.74) is 4.43. The lowest BCUT2D eigenvalue weighted by Crippen LogP contribution is -2.30. The molecule has 0 heterocycles. The van der Waals surface area contributed by atoms with Crippen LogP contribution in [-0.2, 0) is 4.79 Å². The van der Waals surface area contributed by atoms with Gasteiger partial charge in [0, 0.05) is 11.7 Å². The lowest BCUT2D eigenvalue weighted by atomic mass is 10.1. The topological polar surface area (TPSA) is 41.1 Å². The van der Waals surface area contributed by atoms with Crippen LogP contribution in [-0.4, -0.2) is 12.5 Å². The zero-order valence-electron chi connectivity index (χ0n) is 12.8.